The monoisotopic (exact) mass is 384 g/mol. The maximum Gasteiger partial charge on any atom is 0.132 e. The summed E-state index contributed by atoms with van der Waals surface area (Å²) in [4.78, 5) is 4.41. The Morgan fingerprint density at radius 3 is 2.39 bits per heavy atom. The summed E-state index contributed by atoms with van der Waals surface area (Å²) >= 11 is 1.66. The van der Waals surface area contributed by atoms with Crippen LogP contribution in [0.25, 0.3) is 32.3 Å². The zero-order chi connectivity index (χ0) is 18.9. The number of para-hydroxylation sites is 1. The number of aromatic nitrogens is 1. The smallest absolute Gasteiger partial charge is 0.132 e. The molecule has 5 heteroatoms. The molecule has 0 fully saturated rings. The normalized spacial score (nSPS) is 11.0. The number of ether oxygens (including phenoxy) is 1. The lowest BCUT2D eigenvalue weighted by atomic mass is 10.0. The molecule has 2 aromatic carbocycles. The van der Waals surface area contributed by atoms with Gasteiger partial charge in [0.05, 0.1) is 12.5 Å². The van der Waals surface area contributed by atoms with Crippen molar-refractivity contribution < 1.29 is 9.15 Å². The van der Waals surface area contributed by atoms with E-state index < -0.39 is 0 Å². The van der Waals surface area contributed by atoms with E-state index in [4.69, 9.17) is 14.9 Å². The molecule has 0 saturated carbocycles. The fraction of sp³-hybridized carbons (Fsp3) is 0. The minimum Gasteiger partial charge on any atom is -0.472 e. The van der Waals surface area contributed by atoms with Crippen LogP contribution < -0.4 is 10.5 Å². The van der Waals surface area contributed by atoms with Crippen LogP contribution in [0.15, 0.2) is 89.2 Å². The van der Waals surface area contributed by atoms with Crippen LogP contribution >= 0.6 is 11.3 Å². The van der Waals surface area contributed by atoms with E-state index in [1.165, 1.54) is 0 Å². The van der Waals surface area contributed by atoms with Crippen LogP contribution in [0.5, 0.6) is 11.5 Å². The Kier molecular flexibility index (Phi) is 4.07. The molecule has 0 spiro atoms. The second kappa shape index (κ2) is 6.87. The zero-order valence-electron chi connectivity index (χ0n) is 14.8. The fourth-order valence-electron chi connectivity index (χ4n) is 3.23. The quantitative estimate of drug-likeness (QED) is 0.379. The van der Waals surface area contributed by atoms with Crippen molar-refractivity contribution >= 4 is 27.2 Å². The van der Waals surface area contributed by atoms with E-state index in [1.54, 1.807) is 30.1 Å². The molecule has 5 rings (SSSR count). The summed E-state index contributed by atoms with van der Waals surface area (Å²) < 4.78 is 12.2. The molecule has 0 aliphatic rings. The van der Waals surface area contributed by atoms with Crippen molar-refractivity contribution in [3.8, 4) is 33.8 Å². The first kappa shape index (κ1) is 16.6. The second-order valence-electron chi connectivity index (χ2n) is 6.36. The molecule has 0 unspecified atom stereocenters. The lowest BCUT2D eigenvalue weighted by molar-refractivity contribution is 0.483. The highest BCUT2D eigenvalue weighted by molar-refractivity contribution is 7.18. The van der Waals surface area contributed by atoms with E-state index in [0.29, 0.717) is 5.82 Å². The number of benzene rings is 2. The number of furan rings is 1. The Hall–Kier alpha value is -3.57. The van der Waals surface area contributed by atoms with Crippen molar-refractivity contribution in [3.05, 3.63) is 84.8 Å². The molecule has 136 valence electrons. The molecule has 28 heavy (non-hydrogen) atoms. The van der Waals surface area contributed by atoms with Crippen molar-refractivity contribution in [2.75, 3.05) is 5.73 Å². The lowest BCUT2D eigenvalue weighted by Gasteiger charge is -2.08. The van der Waals surface area contributed by atoms with Crippen LogP contribution in [-0.2, 0) is 0 Å². The molecule has 2 N–H and O–H groups in total. The molecular weight excluding hydrogens is 368 g/mol. The van der Waals surface area contributed by atoms with Crippen molar-refractivity contribution in [3.63, 3.8) is 0 Å². The van der Waals surface area contributed by atoms with Gasteiger partial charge in [0.1, 0.15) is 17.3 Å². The van der Waals surface area contributed by atoms with Crippen LogP contribution in [0.2, 0.25) is 0 Å². The highest BCUT2D eigenvalue weighted by Crippen LogP contribution is 2.42. The minimum absolute atomic E-state index is 0.531. The van der Waals surface area contributed by atoms with Gasteiger partial charge in [0.25, 0.3) is 0 Å². The van der Waals surface area contributed by atoms with Gasteiger partial charge in [-0.05, 0) is 41.3 Å². The van der Waals surface area contributed by atoms with Crippen molar-refractivity contribution in [2.24, 2.45) is 0 Å². The number of hydrogen-bond donors (Lipinski definition) is 1. The number of fused-ring (bicyclic) bond motifs is 1. The highest BCUT2D eigenvalue weighted by Gasteiger charge is 2.15. The maximum absolute atomic E-state index is 6.24. The number of rotatable bonds is 4. The number of nitrogen functional groups attached to an aromatic ring is 1. The number of hydrogen-bond acceptors (Lipinski definition) is 5. The van der Waals surface area contributed by atoms with Crippen LogP contribution in [0.1, 0.15) is 0 Å². The van der Waals surface area contributed by atoms with Crippen molar-refractivity contribution in [1.82, 2.24) is 4.98 Å². The molecule has 0 atom stereocenters. The summed E-state index contributed by atoms with van der Waals surface area (Å²) in [5.74, 6) is 2.14. The van der Waals surface area contributed by atoms with Crippen LogP contribution in [-0.4, -0.2) is 4.98 Å². The summed E-state index contributed by atoms with van der Waals surface area (Å²) in [5.41, 5.74) is 10.4. The van der Waals surface area contributed by atoms with E-state index >= 15 is 0 Å². The van der Waals surface area contributed by atoms with Gasteiger partial charge in [-0.25, -0.2) is 4.98 Å². The van der Waals surface area contributed by atoms with E-state index in [1.807, 2.05) is 60.7 Å². The molecule has 0 radical (unpaired) electrons. The number of nitrogens with zero attached hydrogens (tertiary/aromatic N) is 1. The molecule has 0 saturated heterocycles. The highest BCUT2D eigenvalue weighted by atomic mass is 32.1. The Morgan fingerprint density at radius 1 is 0.857 bits per heavy atom. The summed E-state index contributed by atoms with van der Waals surface area (Å²) in [7, 11) is 0. The lowest BCUT2D eigenvalue weighted by Crippen LogP contribution is -1.92. The van der Waals surface area contributed by atoms with Gasteiger partial charge in [-0.2, -0.15) is 0 Å². The summed E-state index contributed by atoms with van der Waals surface area (Å²) in [6.45, 7) is 0. The van der Waals surface area contributed by atoms with Gasteiger partial charge in [-0.15, -0.1) is 11.3 Å². The van der Waals surface area contributed by atoms with Crippen LogP contribution in [0.3, 0.4) is 0 Å². The summed E-state index contributed by atoms with van der Waals surface area (Å²) in [6, 6.07) is 19.7. The molecule has 0 aliphatic heterocycles. The number of nitrogens with two attached hydrogens (primary N) is 1. The Balaban J connectivity index is 1.54. The van der Waals surface area contributed by atoms with Crippen LogP contribution in [0, 0.1) is 0 Å². The third kappa shape index (κ3) is 2.92. The van der Waals surface area contributed by atoms with Crippen molar-refractivity contribution in [1.29, 1.82) is 0 Å². The minimum atomic E-state index is 0.531. The number of anilines is 1. The van der Waals surface area contributed by atoms with E-state index in [2.05, 4.69) is 10.4 Å². The summed E-state index contributed by atoms with van der Waals surface area (Å²) in [5, 5.41) is 3.10. The SMILES string of the molecule is Nc1ncc(-c2ccoc2)c2scc(-c3ccc(Oc4ccccc4)cc3)c12. The molecular formula is C23H16N2O2S. The molecule has 5 aromatic rings. The molecule has 0 aliphatic carbocycles. The van der Waals surface area contributed by atoms with Gasteiger partial charge < -0.3 is 14.9 Å². The van der Waals surface area contributed by atoms with Crippen LogP contribution in [0.4, 0.5) is 5.82 Å². The first-order valence-electron chi connectivity index (χ1n) is 8.81. The Bertz CT molecular complexity index is 1230. The zero-order valence-corrected chi connectivity index (χ0v) is 15.6. The first-order valence-corrected chi connectivity index (χ1v) is 9.69. The fourth-order valence-corrected chi connectivity index (χ4v) is 4.35. The van der Waals surface area contributed by atoms with E-state index in [0.717, 1.165) is 43.8 Å². The van der Waals surface area contributed by atoms with Gasteiger partial charge in [0, 0.05) is 33.0 Å². The Labute approximate surface area is 165 Å². The number of thiophene rings is 1. The summed E-state index contributed by atoms with van der Waals surface area (Å²) in [6.07, 6.45) is 5.19. The first-order chi connectivity index (χ1) is 13.8. The molecule has 0 amide bonds. The largest absolute Gasteiger partial charge is 0.472 e. The molecule has 4 nitrogen and oxygen atoms in total. The predicted octanol–water partition coefficient (Wildman–Crippen LogP) is 6.60. The molecule has 0 bridgehead atoms. The average molecular weight is 384 g/mol. The third-order valence-corrected chi connectivity index (χ3v) is 5.61. The topological polar surface area (TPSA) is 61.3 Å². The third-order valence-electron chi connectivity index (χ3n) is 4.60. The van der Waals surface area contributed by atoms with E-state index in [9.17, 15) is 0 Å². The van der Waals surface area contributed by atoms with Gasteiger partial charge in [0.15, 0.2) is 0 Å². The van der Waals surface area contributed by atoms with E-state index in [-0.39, 0.29) is 0 Å². The standard InChI is InChI=1S/C23H16N2O2S/c24-23-21-20(14-28-22(21)19(12-25-23)16-10-11-26-13-16)15-6-8-18(9-7-15)27-17-4-2-1-3-5-17/h1-14H,(H2,24,25). The Morgan fingerprint density at radius 2 is 1.64 bits per heavy atom. The molecule has 3 aromatic heterocycles. The van der Waals surface area contributed by atoms with Gasteiger partial charge in [-0.3, -0.25) is 0 Å². The van der Waals surface area contributed by atoms with Gasteiger partial charge >= 0.3 is 0 Å². The second-order valence-corrected chi connectivity index (χ2v) is 7.24. The predicted molar refractivity (Wildman–Crippen MR) is 114 cm³/mol. The average Bonchev–Trinajstić information content (AvgIpc) is 3.41. The van der Waals surface area contributed by atoms with Gasteiger partial charge in [-0.1, -0.05) is 30.3 Å². The molecule has 3 heterocycles. The number of pyridine rings is 1. The maximum atomic E-state index is 6.24. The van der Waals surface area contributed by atoms with Crippen molar-refractivity contribution in [2.45, 2.75) is 0 Å². The van der Waals surface area contributed by atoms with Gasteiger partial charge in [0.2, 0.25) is 0 Å².